The van der Waals surface area contributed by atoms with Crippen LogP contribution in [-0.2, 0) is 24.2 Å². The molecule has 2 aromatic carbocycles. The highest BCUT2D eigenvalue weighted by atomic mass is 32.2. The van der Waals surface area contributed by atoms with Gasteiger partial charge in [-0.05, 0) is 49.2 Å². The standard InChI is InChI=1S/C23H24N2O7S/c1-4-23(5-2)20(27)25(21(23)33(29,30)17-9-7-6-8-10-17)19-18(26)24(22(28)32-19)15-11-13-16(31-3)14-12-15/h6-14,19,21H,4-5H2,1-3H3/t19-,21+/m1/s1. The maximum atomic E-state index is 13.6. The molecular weight excluding hydrogens is 448 g/mol. The number of hydrogen-bond donors (Lipinski definition) is 0. The van der Waals surface area contributed by atoms with E-state index >= 15 is 0 Å². The summed E-state index contributed by atoms with van der Waals surface area (Å²) in [5.41, 5.74) is -0.990. The van der Waals surface area contributed by atoms with Crippen molar-refractivity contribution in [3.8, 4) is 5.75 Å². The van der Waals surface area contributed by atoms with Crippen LogP contribution in [0.15, 0.2) is 59.5 Å². The van der Waals surface area contributed by atoms with E-state index in [-0.39, 0.29) is 23.4 Å². The fraction of sp³-hybridized carbons (Fsp3) is 0.348. The summed E-state index contributed by atoms with van der Waals surface area (Å²) in [5.74, 6) is -0.828. The first-order valence-electron chi connectivity index (χ1n) is 10.5. The number of carbonyl (C=O) groups excluding carboxylic acids is 3. The number of amides is 3. The zero-order valence-electron chi connectivity index (χ0n) is 18.4. The molecule has 2 fully saturated rings. The molecule has 0 bridgehead atoms. The van der Waals surface area contributed by atoms with E-state index in [1.807, 2.05) is 0 Å². The number of carbonyl (C=O) groups is 3. The lowest BCUT2D eigenvalue weighted by molar-refractivity contribution is -0.183. The van der Waals surface area contributed by atoms with Gasteiger partial charge >= 0.3 is 6.09 Å². The topological polar surface area (TPSA) is 110 Å². The molecule has 2 atom stereocenters. The molecule has 174 valence electrons. The molecule has 2 aromatic rings. The predicted molar refractivity (Wildman–Crippen MR) is 118 cm³/mol. The predicted octanol–water partition coefficient (Wildman–Crippen LogP) is 2.95. The van der Waals surface area contributed by atoms with Crippen LogP contribution in [0.25, 0.3) is 0 Å². The molecule has 2 aliphatic rings. The Hall–Kier alpha value is -3.40. The van der Waals surface area contributed by atoms with Gasteiger partial charge in [-0.2, -0.15) is 0 Å². The van der Waals surface area contributed by atoms with Gasteiger partial charge in [-0.3, -0.25) is 14.5 Å². The number of hydrogen-bond acceptors (Lipinski definition) is 7. The number of ether oxygens (including phenoxy) is 2. The quantitative estimate of drug-likeness (QED) is 0.570. The Kier molecular flexibility index (Phi) is 5.65. The molecule has 0 unspecified atom stereocenters. The molecule has 0 aromatic heterocycles. The number of β-lactam (4-membered cyclic amide) rings is 1. The molecule has 10 heteroatoms. The molecule has 33 heavy (non-hydrogen) atoms. The van der Waals surface area contributed by atoms with Gasteiger partial charge in [0.05, 0.1) is 23.1 Å². The van der Waals surface area contributed by atoms with Crippen LogP contribution in [0.3, 0.4) is 0 Å². The third-order valence-electron chi connectivity index (χ3n) is 6.42. The van der Waals surface area contributed by atoms with Crippen LogP contribution in [0, 0.1) is 5.41 Å². The normalized spacial score (nSPS) is 22.2. The van der Waals surface area contributed by atoms with Crippen LogP contribution < -0.4 is 9.64 Å². The molecule has 4 rings (SSSR count). The number of nitrogens with zero attached hydrogens (tertiary/aromatic N) is 2. The molecule has 0 aliphatic carbocycles. The molecule has 0 spiro atoms. The Morgan fingerprint density at radius 2 is 1.58 bits per heavy atom. The van der Waals surface area contributed by atoms with Crippen molar-refractivity contribution in [2.24, 2.45) is 5.41 Å². The lowest BCUT2D eigenvalue weighted by Gasteiger charge is -2.55. The Labute approximate surface area is 191 Å². The van der Waals surface area contributed by atoms with E-state index < -0.39 is 44.8 Å². The summed E-state index contributed by atoms with van der Waals surface area (Å²) >= 11 is 0. The SMILES string of the molecule is CCC1(CC)C(=O)N([C@@H]2OC(=O)N(c3ccc(OC)cc3)C2=O)[C@H]1S(=O)(=O)c1ccccc1. The molecule has 2 heterocycles. The molecule has 0 radical (unpaired) electrons. The number of anilines is 1. The largest absolute Gasteiger partial charge is 0.497 e. The van der Waals surface area contributed by atoms with Gasteiger partial charge in [-0.15, -0.1) is 0 Å². The Morgan fingerprint density at radius 1 is 0.970 bits per heavy atom. The van der Waals surface area contributed by atoms with Crippen molar-refractivity contribution in [3.63, 3.8) is 0 Å². The van der Waals surface area contributed by atoms with Crippen molar-refractivity contribution in [2.45, 2.75) is 43.2 Å². The zero-order chi connectivity index (χ0) is 24.0. The first-order chi connectivity index (χ1) is 15.7. The molecule has 2 aliphatic heterocycles. The van der Waals surface area contributed by atoms with Crippen molar-refractivity contribution >= 4 is 33.4 Å². The van der Waals surface area contributed by atoms with Gasteiger partial charge in [0.25, 0.3) is 12.1 Å². The van der Waals surface area contributed by atoms with E-state index in [0.717, 1.165) is 9.80 Å². The van der Waals surface area contributed by atoms with Crippen molar-refractivity contribution in [1.82, 2.24) is 4.90 Å². The number of benzene rings is 2. The summed E-state index contributed by atoms with van der Waals surface area (Å²) in [4.78, 5) is 40.8. The number of cyclic esters (lactones) is 1. The van der Waals surface area contributed by atoms with Gasteiger partial charge in [0.1, 0.15) is 5.75 Å². The Bertz CT molecular complexity index is 1190. The monoisotopic (exact) mass is 472 g/mol. The van der Waals surface area contributed by atoms with Gasteiger partial charge in [0.15, 0.2) is 5.37 Å². The Balaban J connectivity index is 1.73. The van der Waals surface area contributed by atoms with Gasteiger partial charge in [0, 0.05) is 0 Å². The highest BCUT2D eigenvalue weighted by molar-refractivity contribution is 7.92. The van der Waals surface area contributed by atoms with Crippen LogP contribution in [0.5, 0.6) is 5.75 Å². The minimum absolute atomic E-state index is 0.0301. The Morgan fingerprint density at radius 3 is 2.12 bits per heavy atom. The molecular formula is C23H24N2O7S. The second kappa shape index (κ2) is 8.18. The fourth-order valence-electron chi connectivity index (χ4n) is 4.52. The third kappa shape index (κ3) is 3.28. The average molecular weight is 473 g/mol. The summed E-state index contributed by atoms with van der Waals surface area (Å²) < 4.78 is 37.5. The van der Waals surface area contributed by atoms with Crippen LogP contribution in [0.1, 0.15) is 26.7 Å². The molecule has 9 nitrogen and oxygen atoms in total. The average Bonchev–Trinajstić information content (AvgIpc) is 3.12. The summed E-state index contributed by atoms with van der Waals surface area (Å²) in [7, 11) is -2.58. The number of likely N-dealkylation sites (tertiary alicyclic amines) is 1. The molecule has 0 N–H and O–H groups in total. The first-order valence-corrected chi connectivity index (χ1v) is 12.1. The minimum Gasteiger partial charge on any atom is -0.497 e. The van der Waals surface area contributed by atoms with Gasteiger partial charge in [-0.1, -0.05) is 32.0 Å². The molecule has 0 saturated carbocycles. The zero-order valence-corrected chi connectivity index (χ0v) is 19.2. The summed E-state index contributed by atoms with van der Waals surface area (Å²) in [6, 6.07) is 13.9. The molecule has 2 saturated heterocycles. The number of methoxy groups -OCH3 is 1. The first kappa shape index (κ1) is 22.8. The lowest BCUT2D eigenvalue weighted by atomic mass is 9.73. The van der Waals surface area contributed by atoms with Crippen molar-refractivity contribution in [2.75, 3.05) is 12.0 Å². The fourth-order valence-corrected chi connectivity index (χ4v) is 6.85. The van der Waals surface area contributed by atoms with Gasteiger partial charge < -0.3 is 9.47 Å². The van der Waals surface area contributed by atoms with E-state index in [2.05, 4.69) is 0 Å². The van der Waals surface area contributed by atoms with Crippen molar-refractivity contribution in [3.05, 3.63) is 54.6 Å². The van der Waals surface area contributed by atoms with E-state index in [1.165, 1.54) is 31.4 Å². The second-order valence-corrected chi connectivity index (χ2v) is 9.90. The third-order valence-corrected chi connectivity index (χ3v) is 8.62. The van der Waals surface area contributed by atoms with E-state index in [1.54, 1.807) is 44.2 Å². The second-order valence-electron chi connectivity index (χ2n) is 7.89. The van der Waals surface area contributed by atoms with E-state index in [9.17, 15) is 22.8 Å². The maximum absolute atomic E-state index is 13.6. The summed E-state index contributed by atoms with van der Waals surface area (Å²) in [5, 5.41) is -1.34. The van der Waals surface area contributed by atoms with E-state index in [0.29, 0.717) is 5.75 Å². The van der Waals surface area contributed by atoms with E-state index in [4.69, 9.17) is 9.47 Å². The van der Waals surface area contributed by atoms with Crippen LogP contribution in [0.4, 0.5) is 10.5 Å². The smallest absolute Gasteiger partial charge is 0.423 e. The summed E-state index contributed by atoms with van der Waals surface area (Å²) in [6.45, 7) is 3.47. The van der Waals surface area contributed by atoms with Crippen molar-refractivity contribution in [1.29, 1.82) is 0 Å². The minimum atomic E-state index is -4.06. The lowest BCUT2D eigenvalue weighted by Crippen LogP contribution is -2.74. The number of sulfone groups is 1. The number of rotatable bonds is 7. The maximum Gasteiger partial charge on any atom is 0.423 e. The summed E-state index contributed by atoms with van der Waals surface area (Å²) in [6.07, 6.45) is -2.13. The molecule has 3 amide bonds. The number of imide groups is 1. The highest BCUT2D eigenvalue weighted by Gasteiger charge is 2.69. The van der Waals surface area contributed by atoms with Crippen LogP contribution in [-0.4, -0.2) is 49.9 Å². The highest BCUT2D eigenvalue weighted by Crippen LogP contribution is 2.51. The van der Waals surface area contributed by atoms with Crippen molar-refractivity contribution < 1.29 is 32.3 Å². The van der Waals surface area contributed by atoms with Gasteiger partial charge in [-0.25, -0.2) is 18.1 Å². The van der Waals surface area contributed by atoms with Crippen LogP contribution >= 0.6 is 0 Å². The van der Waals surface area contributed by atoms with Crippen LogP contribution in [0.2, 0.25) is 0 Å². The van der Waals surface area contributed by atoms with Gasteiger partial charge in [0.2, 0.25) is 15.7 Å².